The topological polar surface area (TPSA) is 59.1 Å². The molecule has 0 aliphatic carbocycles. The van der Waals surface area contributed by atoms with Crippen LogP contribution in [-0.4, -0.2) is 22.6 Å². The molecule has 0 unspecified atom stereocenters. The average Bonchev–Trinajstić information content (AvgIpc) is 2.56. The lowest BCUT2D eigenvalue weighted by molar-refractivity contribution is 0.342. The Morgan fingerprint density at radius 1 is 1.00 bits per heavy atom. The maximum absolute atomic E-state index is 5.66. The summed E-state index contributed by atoms with van der Waals surface area (Å²) in [7, 11) is 0. The Balaban J connectivity index is 2.01. The van der Waals surface area contributed by atoms with Gasteiger partial charge in [0, 0.05) is 11.4 Å². The van der Waals surface area contributed by atoms with Crippen molar-refractivity contribution in [3.63, 3.8) is 0 Å². The number of benzene rings is 2. The number of aromatic nitrogens is 2. The maximum atomic E-state index is 5.66. The van der Waals surface area contributed by atoms with Crippen LogP contribution in [0.1, 0.15) is 20.8 Å². The molecule has 0 fully saturated rings. The monoisotopic (exact) mass is 322 g/mol. The molecule has 2 aromatic carbocycles. The lowest BCUT2D eigenvalue weighted by atomic mass is 10.2. The molecule has 0 aliphatic rings. The highest BCUT2D eigenvalue weighted by Crippen LogP contribution is 2.28. The fraction of sp³-hybridized carbons (Fsp3) is 0.263. The summed E-state index contributed by atoms with van der Waals surface area (Å²) in [5.41, 5.74) is 1.75. The fourth-order valence-electron chi connectivity index (χ4n) is 2.49. The van der Waals surface area contributed by atoms with E-state index in [4.69, 9.17) is 4.74 Å². The maximum Gasteiger partial charge on any atom is 0.229 e. The van der Waals surface area contributed by atoms with Gasteiger partial charge in [-0.05, 0) is 45.0 Å². The Bertz CT molecular complexity index is 832. The molecule has 0 amide bonds. The van der Waals surface area contributed by atoms with Crippen molar-refractivity contribution in [3.05, 3.63) is 48.5 Å². The van der Waals surface area contributed by atoms with E-state index in [-0.39, 0.29) is 6.04 Å². The van der Waals surface area contributed by atoms with Crippen LogP contribution >= 0.6 is 0 Å². The highest BCUT2D eigenvalue weighted by Gasteiger charge is 2.10. The molecule has 0 aliphatic heterocycles. The van der Waals surface area contributed by atoms with E-state index in [1.807, 2.05) is 55.5 Å². The fourth-order valence-corrected chi connectivity index (χ4v) is 2.49. The molecular weight excluding hydrogens is 300 g/mol. The summed E-state index contributed by atoms with van der Waals surface area (Å²) in [6, 6.07) is 16.1. The Morgan fingerprint density at radius 3 is 2.54 bits per heavy atom. The van der Waals surface area contributed by atoms with E-state index in [0.29, 0.717) is 12.6 Å². The predicted molar refractivity (Wildman–Crippen MR) is 99.2 cm³/mol. The quantitative estimate of drug-likeness (QED) is 0.695. The van der Waals surface area contributed by atoms with Gasteiger partial charge in [0.15, 0.2) is 0 Å². The molecular formula is C19H22N4O. The lowest BCUT2D eigenvalue weighted by Gasteiger charge is -2.15. The Morgan fingerprint density at radius 2 is 1.75 bits per heavy atom. The predicted octanol–water partition coefficient (Wildman–Crippen LogP) is 4.59. The number of hydrogen-bond donors (Lipinski definition) is 2. The number of para-hydroxylation sites is 3. The summed E-state index contributed by atoms with van der Waals surface area (Å²) in [5, 5.41) is 7.68. The molecule has 0 atom stereocenters. The van der Waals surface area contributed by atoms with Gasteiger partial charge in [0.2, 0.25) is 5.95 Å². The SMILES string of the molecule is CCOc1ccccc1Nc1nc(NC(C)C)c2ccccc2n1. The number of hydrogen-bond acceptors (Lipinski definition) is 5. The van der Waals surface area contributed by atoms with Gasteiger partial charge in [-0.25, -0.2) is 4.98 Å². The van der Waals surface area contributed by atoms with Gasteiger partial charge in [-0.1, -0.05) is 24.3 Å². The third-order valence-corrected chi connectivity index (χ3v) is 3.46. The Labute approximate surface area is 142 Å². The zero-order valence-corrected chi connectivity index (χ0v) is 14.2. The molecule has 24 heavy (non-hydrogen) atoms. The van der Waals surface area contributed by atoms with Crippen LogP contribution in [0.2, 0.25) is 0 Å². The first-order valence-electron chi connectivity index (χ1n) is 8.19. The number of anilines is 3. The van der Waals surface area contributed by atoms with E-state index in [9.17, 15) is 0 Å². The van der Waals surface area contributed by atoms with Crippen LogP contribution in [0.15, 0.2) is 48.5 Å². The average molecular weight is 322 g/mol. The number of fused-ring (bicyclic) bond motifs is 1. The van der Waals surface area contributed by atoms with Gasteiger partial charge in [0.25, 0.3) is 0 Å². The molecule has 0 saturated carbocycles. The molecule has 0 saturated heterocycles. The number of nitrogens with one attached hydrogen (secondary N) is 2. The zero-order chi connectivity index (χ0) is 16.9. The number of ether oxygens (including phenoxy) is 1. The largest absolute Gasteiger partial charge is 0.492 e. The molecule has 0 bridgehead atoms. The first kappa shape index (κ1) is 16.1. The van der Waals surface area contributed by atoms with Gasteiger partial charge in [-0.2, -0.15) is 4.98 Å². The smallest absolute Gasteiger partial charge is 0.229 e. The molecule has 3 rings (SSSR count). The van der Waals surface area contributed by atoms with Crippen molar-refractivity contribution in [1.82, 2.24) is 9.97 Å². The third kappa shape index (κ3) is 3.56. The Hall–Kier alpha value is -2.82. The molecule has 5 heteroatoms. The molecule has 2 N–H and O–H groups in total. The van der Waals surface area contributed by atoms with Gasteiger partial charge in [0.05, 0.1) is 17.8 Å². The van der Waals surface area contributed by atoms with Crippen LogP contribution in [0.25, 0.3) is 10.9 Å². The van der Waals surface area contributed by atoms with Crippen LogP contribution in [0, 0.1) is 0 Å². The summed E-state index contributed by atoms with van der Waals surface area (Å²) in [6.07, 6.45) is 0. The van der Waals surface area contributed by atoms with Crippen molar-refractivity contribution in [2.45, 2.75) is 26.8 Å². The van der Waals surface area contributed by atoms with Crippen molar-refractivity contribution in [2.24, 2.45) is 0 Å². The summed E-state index contributed by atoms with van der Waals surface area (Å²) < 4.78 is 5.66. The van der Waals surface area contributed by atoms with Crippen LogP contribution in [-0.2, 0) is 0 Å². The van der Waals surface area contributed by atoms with Crippen molar-refractivity contribution in [1.29, 1.82) is 0 Å². The van der Waals surface area contributed by atoms with E-state index in [1.54, 1.807) is 0 Å². The van der Waals surface area contributed by atoms with E-state index in [1.165, 1.54) is 0 Å². The highest BCUT2D eigenvalue weighted by atomic mass is 16.5. The van der Waals surface area contributed by atoms with Crippen molar-refractivity contribution in [2.75, 3.05) is 17.2 Å². The zero-order valence-electron chi connectivity index (χ0n) is 14.2. The van der Waals surface area contributed by atoms with Crippen LogP contribution < -0.4 is 15.4 Å². The minimum Gasteiger partial charge on any atom is -0.492 e. The molecule has 0 radical (unpaired) electrons. The molecule has 3 aromatic rings. The van der Waals surface area contributed by atoms with E-state index < -0.39 is 0 Å². The first-order chi connectivity index (χ1) is 11.7. The summed E-state index contributed by atoms with van der Waals surface area (Å²) in [4.78, 5) is 9.27. The second-order valence-corrected chi connectivity index (χ2v) is 5.77. The van der Waals surface area contributed by atoms with Crippen LogP contribution in [0.3, 0.4) is 0 Å². The standard InChI is InChI=1S/C19H22N4O/c1-4-24-17-12-8-7-11-16(17)22-19-21-15-10-6-5-9-14(15)18(23-19)20-13(2)3/h5-13H,4H2,1-3H3,(H2,20,21,22,23). The van der Waals surface area contributed by atoms with Crippen molar-refractivity contribution >= 4 is 28.4 Å². The minimum atomic E-state index is 0.284. The van der Waals surface area contributed by atoms with Gasteiger partial charge in [0.1, 0.15) is 11.6 Å². The molecule has 1 heterocycles. The summed E-state index contributed by atoms with van der Waals surface area (Å²) in [6.45, 7) is 6.76. The summed E-state index contributed by atoms with van der Waals surface area (Å²) >= 11 is 0. The second kappa shape index (κ2) is 7.17. The van der Waals surface area contributed by atoms with Crippen molar-refractivity contribution < 1.29 is 4.74 Å². The van der Waals surface area contributed by atoms with E-state index in [2.05, 4.69) is 34.4 Å². The normalized spacial score (nSPS) is 10.8. The molecule has 5 nitrogen and oxygen atoms in total. The van der Waals surface area contributed by atoms with Crippen LogP contribution in [0.5, 0.6) is 5.75 Å². The number of nitrogens with zero attached hydrogens (tertiary/aromatic N) is 2. The van der Waals surface area contributed by atoms with Crippen molar-refractivity contribution in [3.8, 4) is 5.75 Å². The van der Waals surface area contributed by atoms with Gasteiger partial charge in [-0.3, -0.25) is 0 Å². The van der Waals surface area contributed by atoms with E-state index in [0.717, 1.165) is 28.2 Å². The van der Waals surface area contributed by atoms with Crippen LogP contribution in [0.4, 0.5) is 17.5 Å². The highest BCUT2D eigenvalue weighted by molar-refractivity contribution is 5.90. The van der Waals surface area contributed by atoms with E-state index >= 15 is 0 Å². The summed E-state index contributed by atoms with van der Waals surface area (Å²) in [5.74, 6) is 2.16. The second-order valence-electron chi connectivity index (χ2n) is 5.77. The molecule has 124 valence electrons. The van der Waals surface area contributed by atoms with Gasteiger partial charge >= 0.3 is 0 Å². The number of rotatable bonds is 6. The molecule has 1 aromatic heterocycles. The van der Waals surface area contributed by atoms with Gasteiger partial charge < -0.3 is 15.4 Å². The third-order valence-electron chi connectivity index (χ3n) is 3.46. The minimum absolute atomic E-state index is 0.284. The lowest BCUT2D eigenvalue weighted by Crippen LogP contribution is -2.12. The van der Waals surface area contributed by atoms with Gasteiger partial charge in [-0.15, -0.1) is 0 Å². The Kier molecular flexibility index (Phi) is 4.79. The first-order valence-corrected chi connectivity index (χ1v) is 8.19. The molecule has 0 spiro atoms.